The van der Waals surface area contributed by atoms with E-state index in [0.717, 1.165) is 12.1 Å². The Morgan fingerprint density at radius 1 is 1.14 bits per heavy atom. The van der Waals surface area contributed by atoms with Gasteiger partial charge in [-0.25, -0.2) is 14.0 Å². The Hall–Kier alpha value is -3.36. The van der Waals surface area contributed by atoms with Gasteiger partial charge in [-0.3, -0.25) is 4.79 Å². The summed E-state index contributed by atoms with van der Waals surface area (Å²) in [5, 5.41) is 27.5. The number of carboxylic acids is 2. The topological polar surface area (TPSA) is 154 Å². The minimum absolute atomic E-state index is 0.451. The molecule has 0 saturated heterocycles. The molecule has 0 fully saturated rings. The van der Waals surface area contributed by atoms with Crippen LogP contribution in [0.25, 0.3) is 11.1 Å². The fourth-order valence-corrected chi connectivity index (χ4v) is 2.02. The first kappa shape index (κ1) is 15.0. The molecule has 22 heavy (non-hydrogen) atoms. The molecule has 0 saturated carbocycles. The van der Waals surface area contributed by atoms with E-state index >= 15 is 0 Å². The zero-order valence-electron chi connectivity index (χ0n) is 10.8. The Balaban J connectivity index is 3.02. The number of hydrogen-bond acceptors (Lipinski definition) is 5. The second-order valence-electron chi connectivity index (χ2n) is 4.27. The van der Waals surface area contributed by atoms with E-state index in [0.29, 0.717) is 6.07 Å². The van der Waals surface area contributed by atoms with E-state index in [4.69, 9.17) is 10.8 Å². The van der Waals surface area contributed by atoms with Crippen LogP contribution in [-0.4, -0.2) is 32.2 Å². The highest BCUT2D eigenvalue weighted by atomic mass is 19.1. The van der Waals surface area contributed by atoms with E-state index in [9.17, 15) is 29.0 Å². The minimum Gasteiger partial charge on any atom is -0.508 e. The van der Waals surface area contributed by atoms with Gasteiger partial charge in [0.05, 0.1) is 0 Å². The van der Waals surface area contributed by atoms with Gasteiger partial charge in [-0.2, -0.15) is 0 Å². The maximum Gasteiger partial charge on any atom is 0.342 e. The second-order valence-corrected chi connectivity index (χ2v) is 4.27. The number of phenolic OH excluding ortho intramolecular Hbond substituents is 1. The highest BCUT2D eigenvalue weighted by Crippen LogP contribution is 2.32. The van der Waals surface area contributed by atoms with Gasteiger partial charge >= 0.3 is 11.9 Å². The molecule has 0 amide bonds. The van der Waals surface area contributed by atoms with Crippen LogP contribution in [0.2, 0.25) is 0 Å². The highest BCUT2D eigenvalue weighted by Gasteiger charge is 2.28. The molecule has 1 heterocycles. The fraction of sp³-hybridized carbons (Fsp3) is 0. The Morgan fingerprint density at radius 3 is 2.23 bits per heavy atom. The lowest BCUT2D eigenvalue weighted by Crippen LogP contribution is -2.24. The molecule has 9 heteroatoms. The Morgan fingerprint density at radius 2 is 1.73 bits per heavy atom. The molecule has 0 atom stereocenters. The highest BCUT2D eigenvalue weighted by molar-refractivity contribution is 6.07. The van der Waals surface area contributed by atoms with Gasteiger partial charge in [0, 0.05) is 17.2 Å². The van der Waals surface area contributed by atoms with Crippen molar-refractivity contribution in [3.05, 3.63) is 45.5 Å². The average Bonchev–Trinajstić information content (AvgIpc) is 2.36. The third-order valence-electron chi connectivity index (χ3n) is 2.89. The minimum atomic E-state index is -1.74. The zero-order valence-corrected chi connectivity index (χ0v) is 10.8. The summed E-state index contributed by atoms with van der Waals surface area (Å²) in [4.78, 5) is 36.2. The van der Waals surface area contributed by atoms with Crippen molar-refractivity contribution >= 4 is 17.8 Å². The van der Waals surface area contributed by atoms with E-state index in [1.54, 1.807) is 0 Å². The van der Waals surface area contributed by atoms with Crippen molar-refractivity contribution in [2.45, 2.75) is 0 Å². The van der Waals surface area contributed by atoms with Crippen molar-refractivity contribution in [3.8, 4) is 16.9 Å². The molecule has 6 N–H and O–H groups in total. The van der Waals surface area contributed by atoms with Gasteiger partial charge in [0.15, 0.2) is 0 Å². The smallest absolute Gasteiger partial charge is 0.342 e. The number of nitrogen functional groups attached to an aromatic ring is 1. The largest absolute Gasteiger partial charge is 0.508 e. The first-order valence-corrected chi connectivity index (χ1v) is 5.75. The molecule has 0 aliphatic rings. The van der Waals surface area contributed by atoms with Gasteiger partial charge in [0.25, 0.3) is 5.56 Å². The lowest BCUT2D eigenvalue weighted by atomic mass is 9.95. The average molecular weight is 308 g/mol. The molecule has 114 valence electrons. The van der Waals surface area contributed by atoms with Crippen LogP contribution in [-0.2, 0) is 0 Å². The van der Waals surface area contributed by atoms with Crippen molar-refractivity contribution in [2.75, 3.05) is 5.73 Å². The van der Waals surface area contributed by atoms with Crippen LogP contribution in [0, 0.1) is 5.82 Å². The number of H-pyrrole nitrogens is 1. The van der Waals surface area contributed by atoms with E-state index in [1.165, 1.54) is 0 Å². The van der Waals surface area contributed by atoms with Crippen molar-refractivity contribution in [3.63, 3.8) is 0 Å². The maximum atomic E-state index is 14.0. The van der Waals surface area contributed by atoms with Gasteiger partial charge in [-0.15, -0.1) is 0 Å². The number of carbonyl (C=O) groups is 2. The fourth-order valence-electron chi connectivity index (χ4n) is 2.02. The number of hydrogen-bond donors (Lipinski definition) is 5. The third kappa shape index (κ3) is 2.35. The standard InChI is InChI=1S/C13H9FN2O6/c14-6-3-4(17)1-2-5(6)7-8(12(19)20)10(15)16-11(18)9(7)13(21)22/h1-3,17H,(H,19,20)(H,21,22)(H3,15,16,18). The number of benzene rings is 1. The Kier molecular flexibility index (Phi) is 3.56. The van der Waals surface area contributed by atoms with Gasteiger partial charge in [0.1, 0.15) is 28.5 Å². The predicted molar refractivity (Wildman–Crippen MR) is 72.5 cm³/mol. The molecule has 2 rings (SSSR count). The van der Waals surface area contributed by atoms with Crippen molar-refractivity contribution in [1.29, 1.82) is 0 Å². The molecule has 2 aromatic rings. The van der Waals surface area contributed by atoms with E-state index in [1.807, 2.05) is 4.98 Å². The molecule has 1 aromatic carbocycles. The van der Waals surface area contributed by atoms with Gasteiger partial charge in [0.2, 0.25) is 0 Å². The van der Waals surface area contributed by atoms with Crippen molar-refractivity contribution < 1.29 is 29.3 Å². The number of aromatic hydroxyl groups is 1. The van der Waals surface area contributed by atoms with Crippen LogP contribution in [0.5, 0.6) is 5.75 Å². The summed E-state index contributed by atoms with van der Waals surface area (Å²) in [5.74, 6) is -5.54. The number of aromatic nitrogens is 1. The molecule has 0 bridgehead atoms. The summed E-state index contributed by atoms with van der Waals surface area (Å²) in [6.07, 6.45) is 0. The van der Waals surface area contributed by atoms with E-state index < -0.39 is 57.1 Å². The molecule has 0 spiro atoms. The van der Waals surface area contributed by atoms with Gasteiger partial charge < -0.3 is 26.0 Å². The lowest BCUT2D eigenvalue weighted by Gasteiger charge is -2.12. The molecule has 0 aliphatic heterocycles. The molecule has 0 unspecified atom stereocenters. The summed E-state index contributed by atoms with van der Waals surface area (Å²) in [6.45, 7) is 0. The zero-order chi connectivity index (χ0) is 16.6. The third-order valence-corrected chi connectivity index (χ3v) is 2.89. The van der Waals surface area contributed by atoms with E-state index in [2.05, 4.69) is 0 Å². The molecule has 0 radical (unpaired) electrons. The van der Waals surface area contributed by atoms with Crippen LogP contribution in [0.4, 0.5) is 10.2 Å². The van der Waals surface area contributed by atoms with Crippen LogP contribution >= 0.6 is 0 Å². The number of halogens is 1. The van der Waals surface area contributed by atoms with Crippen LogP contribution in [0.1, 0.15) is 20.7 Å². The lowest BCUT2D eigenvalue weighted by molar-refractivity contribution is 0.0695. The molecular weight excluding hydrogens is 299 g/mol. The van der Waals surface area contributed by atoms with Crippen LogP contribution in [0.3, 0.4) is 0 Å². The first-order chi connectivity index (χ1) is 10.2. The molecule has 0 aliphatic carbocycles. The predicted octanol–water partition coefficient (Wildman–Crippen LogP) is 0.865. The number of rotatable bonds is 3. The van der Waals surface area contributed by atoms with Gasteiger partial charge in [-0.1, -0.05) is 0 Å². The van der Waals surface area contributed by atoms with E-state index in [-0.39, 0.29) is 0 Å². The number of aromatic carboxylic acids is 2. The number of carboxylic acid groups (broad SMARTS) is 2. The quantitative estimate of drug-likeness (QED) is 0.563. The normalized spacial score (nSPS) is 10.4. The number of anilines is 1. The number of nitrogens with one attached hydrogen (secondary N) is 1. The van der Waals surface area contributed by atoms with Crippen LogP contribution < -0.4 is 11.3 Å². The molecule has 1 aromatic heterocycles. The maximum absolute atomic E-state index is 14.0. The number of pyridine rings is 1. The summed E-state index contributed by atoms with van der Waals surface area (Å²) in [6, 6.07) is 2.63. The molecule has 8 nitrogen and oxygen atoms in total. The second kappa shape index (κ2) is 5.20. The number of aromatic amines is 1. The summed E-state index contributed by atoms with van der Waals surface area (Å²) in [5.41, 5.74) is 1.38. The SMILES string of the molecule is Nc1[nH]c(=O)c(C(=O)O)c(-c2ccc(O)cc2F)c1C(=O)O. The monoisotopic (exact) mass is 308 g/mol. The Labute approximate surface area is 121 Å². The first-order valence-electron chi connectivity index (χ1n) is 5.75. The van der Waals surface area contributed by atoms with Crippen molar-refractivity contribution in [1.82, 2.24) is 4.98 Å². The van der Waals surface area contributed by atoms with Crippen molar-refractivity contribution in [2.24, 2.45) is 0 Å². The number of phenols is 1. The Bertz CT molecular complexity index is 858. The molecular formula is C13H9FN2O6. The summed E-state index contributed by atoms with van der Waals surface area (Å²) >= 11 is 0. The van der Waals surface area contributed by atoms with Crippen LogP contribution in [0.15, 0.2) is 23.0 Å². The van der Waals surface area contributed by atoms with Gasteiger partial charge in [-0.05, 0) is 12.1 Å². The summed E-state index contributed by atoms with van der Waals surface area (Å²) < 4.78 is 14.0. The summed E-state index contributed by atoms with van der Waals surface area (Å²) in [7, 11) is 0. The number of nitrogens with two attached hydrogens (primary N) is 1.